The zero-order valence-corrected chi connectivity index (χ0v) is 9.81. The maximum absolute atomic E-state index is 12.7. The van der Waals surface area contributed by atoms with Crippen molar-refractivity contribution in [1.82, 2.24) is 25.1 Å². The van der Waals surface area contributed by atoms with E-state index in [1.807, 2.05) is 0 Å². The van der Waals surface area contributed by atoms with E-state index in [0.29, 0.717) is 11.1 Å². The summed E-state index contributed by atoms with van der Waals surface area (Å²) >= 11 is 0. The first-order chi connectivity index (χ1) is 9.47. The fraction of sp³-hybridized carbons (Fsp3) is 0.0909. The first-order valence-corrected chi connectivity index (χ1v) is 5.44. The van der Waals surface area contributed by atoms with Crippen LogP contribution < -0.4 is 5.73 Å². The Kier molecular flexibility index (Phi) is 2.56. The molecule has 6 nitrogen and oxygen atoms in total. The van der Waals surface area contributed by atoms with Gasteiger partial charge in [0.1, 0.15) is 12.1 Å². The van der Waals surface area contributed by atoms with Crippen LogP contribution in [0.25, 0.3) is 22.3 Å². The lowest BCUT2D eigenvalue weighted by atomic mass is 10.1. The number of hydrogen-bond acceptors (Lipinski definition) is 5. The van der Waals surface area contributed by atoms with E-state index in [2.05, 4.69) is 25.1 Å². The largest absolute Gasteiger partial charge is 0.417 e. The van der Waals surface area contributed by atoms with Crippen LogP contribution in [-0.4, -0.2) is 25.1 Å². The summed E-state index contributed by atoms with van der Waals surface area (Å²) in [4.78, 5) is 11.3. The summed E-state index contributed by atoms with van der Waals surface area (Å²) in [6.07, 6.45) is -1.20. The molecule has 3 heterocycles. The third-order valence-electron chi connectivity index (χ3n) is 2.73. The van der Waals surface area contributed by atoms with Crippen molar-refractivity contribution in [2.24, 2.45) is 0 Å². The summed E-state index contributed by atoms with van der Waals surface area (Å²) in [5, 5.41) is 6.86. The van der Waals surface area contributed by atoms with Gasteiger partial charge in [-0.15, -0.1) is 0 Å². The summed E-state index contributed by atoms with van der Waals surface area (Å²) in [7, 11) is 0. The van der Waals surface area contributed by atoms with Gasteiger partial charge in [-0.2, -0.15) is 18.3 Å². The highest BCUT2D eigenvalue weighted by molar-refractivity contribution is 5.97. The molecule has 0 aliphatic carbocycles. The molecule has 0 aromatic carbocycles. The van der Waals surface area contributed by atoms with Crippen molar-refractivity contribution < 1.29 is 13.2 Å². The van der Waals surface area contributed by atoms with E-state index >= 15 is 0 Å². The molecule has 102 valence electrons. The zero-order chi connectivity index (χ0) is 14.3. The van der Waals surface area contributed by atoms with Crippen LogP contribution in [0.5, 0.6) is 0 Å². The van der Waals surface area contributed by atoms with E-state index in [9.17, 15) is 13.2 Å². The van der Waals surface area contributed by atoms with Crippen molar-refractivity contribution in [1.29, 1.82) is 0 Å². The molecule has 3 rings (SSSR count). The quantitative estimate of drug-likeness (QED) is 0.711. The number of nitrogens with one attached hydrogen (secondary N) is 1. The van der Waals surface area contributed by atoms with Gasteiger partial charge in [-0.3, -0.25) is 10.1 Å². The van der Waals surface area contributed by atoms with Crippen LogP contribution in [0.1, 0.15) is 5.56 Å². The van der Waals surface area contributed by atoms with Crippen LogP contribution in [0.15, 0.2) is 24.8 Å². The van der Waals surface area contributed by atoms with Crippen LogP contribution in [0, 0.1) is 0 Å². The Labute approximate surface area is 109 Å². The van der Waals surface area contributed by atoms with Crippen molar-refractivity contribution >= 4 is 16.9 Å². The van der Waals surface area contributed by atoms with Crippen LogP contribution in [-0.2, 0) is 6.18 Å². The lowest BCUT2D eigenvalue weighted by Crippen LogP contribution is -2.05. The van der Waals surface area contributed by atoms with Gasteiger partial charge in [0.15, 0.2) is 5.65 Å². The highest BCUT2D eigenvalue weighted by Crippen LogP contribution is 2.33. The molecule has 3 aromatic heterocycles. The number of H-pyrrole nitrogens is 1. The monoisotopic (exact) mass is 280 g/mol. The molecule has 3 aromatic rings. The van der Waals surface area contributed by atoms with E-state index in [4.69, 9.17) is 5.73 Å². The van der Waals surface area contributed by atoms with Crippen molar-refractivity contribution in [2.75, 3.05) is 5.73 Å². The fourth-order valence-electron chi connectivity index (χ4n) is 1.82. The maximum atomic E-state index is 12.7. The molecule has 0 spiro atoms. The number of rotatable bonds is 1. The molecule has 0 aliphatic rings. The van der Waals surface area contributed by atoms with E-state index < -0.39 is 11.7 Å². The number of aromatic amines is 1. The summed E-state index contributed by atoms with van der Waals surface area (Å²) in [5.74, 6) is 0.135. The molecule has 9 heteroatoms. The molecular formula is C11H7F3N6. The van der Waals surface area contributed by atoms with Gasteiger partial charge in [-0.1, -0.05) is 0 Å². The van der Waals surface area contributed by atoms with E-state index in [1.165, 1.54) is 12.5 Å². The Hall–Kier alpha value is -2.71. The average molecular weight is 280 g/mol. The summed E-state index contributed by atoms with van der Waals surface area (Å²) in [6.45, 7) is 0. The smallest absolute Gasteiger partial charge is 0.383 e. The Morgan fingerprint density at radius 3 is 2.70 bits per heavy atom. The van der Waals surface area contributed by atoms with Gasteiger partial charge in [0.25, 0.3) is 0 Å². The number of nitrogen functional groups attached to an aromatic ring is 1. The van der Waals surface area contributed by atoms with Crippen molar-refractivity contribution in [2.45, 2.75) is 6.18 Å². The van der Waals surface area contributed by atoms with Crippen molar-refractivity contribution in [3.05, 3.63) is 30.4 Å². The Morgan fingerprint density at radius 2 is 1.95 bits per heavy atom. The normalized spacial score (nSPS) is 11.9. The molecule has 0 aliphatic heterocycles. The topological polar surface area (TPSA) is 93.4 Å². The predicted molar refractivity (Wildman–Crippen MR) is 64.3 cm³/mol. The number of fused-ring (bicyclic) bond motifs is 1. The van der Waals surface area contributed by atoms with Crippen LogP contribution in [0.3, 0.4) is 0 Å². The Bertz CT molecular complexity index is 779. The van der Waals surface area contributed by atoms with Gasteiger partial charge < -0.3 is 5.73 Å². The lowest BCUT2D eigenvalue weighted by molar-refractivity contribution is -0.137. The summed E-state index contributed by atoms with van der Waals surface area (Å²) < 4.78 is 38.1. The van der Waals surface area contributed by atoms with Crippen molar-refractivity contribution in [3.8, 4) is 11.3 Å². The Morgan fingerprint density at radius 1 is 1.15 bits per heavy atom. The predicted octanol–water partition coefficient (Wildman–Crippen LogP) is 2.02. The Balaban J connectivity index is 2.22. The zero-order valence-electron chi connectivity index (χ0n) is 9.81. The second kappa shape index (κ2) is 4.15. The van der Waals surface area contributed by atoms with Gasteiger partial charge in [0, 0.05) is 18.0 Å². The number of anilines is 1. The highest BCUT2D eigenvalue weighted by atomic mass is 19.4. The average Bonchev–Trinajstić information content (AvgIpc) is 2.83. The van der Waals surface area contributed by atoms with Crippen molar-refractivity contribution in [3.63, 3.8) is 0 Å². The molecular weight excluding hydrogens is 273 g/mol. The van der Waals surface area contributed by atoms with E-state index in [-0.39, 0.29) is 17.0 Å². The maximum Gasteiger partial charge on any atom is 0.417 e. The first kappa shape index (κ1) is 12.3. The number of pyridine rings is 1. The van der Waals surface area contributed by atoms with E-state index in [0.717, 1.165) is 12.3 Å². The van der Waals surface area contributed by atoms with E-state index in [1.54, 1.807) is 0 Å². The third-order valence-corrected chi connectivity index (χ3v) is 2.73. The minimum absolute atomic E-state index is 0.135. The lowest BCUT2D eigenvalue weighted by Gasteiger charge is -2.07. The van der Waals surface area contributed by atoms with Gasteiger partial charge in [-0.25, -0.2) is 9.97 Å². The number of alkyl halides is 3. The van der Waals surface area contributed by atoms with Crippen LogP contribution in [0.2, 0.25) is 0 Å². The molecule has 0 fully saturated rings. The molecule has 0 atom stereocenters. The molecule has 0 bridgehead atoms. The van der Waals surface area contributed by atoms with Gasteiger partial charge >= 0.3 is 6.18 Å². The van der Waals surface area contributed by atoms with Gasteiger partial charge in [-0.05, 0) is 6.07 Å². The molecule has 3 N–H and O–H groups in total. The molecule has 0 saturated heterocycles. The molecule has 0 saturated carbocycles. The fourth-order valence-corrected chi connectivity index (χ4v) is 1.82. The summed E-state index contributed by atoms with van der Waals surface area (Å²) in [5.41, 5.74) is 5.65. The number of nitrogens with two attached hydrogens (primary N) is 1. The minimum atomic E-state index is -4.47. The van der Waals surface area contributed by atoms with Gasteiger partial charge in [0.05, 0.1) is 16.6 Å². The molecule has 20 heavy (non-hydrogen) atoms. The minimum Gasteiger partial charge on any atom is -0.383 e. The third kappa shape index (κ3) is 1.92. The standard InChI is InChI=1S/C11H7F3N6/c12-11(13,14)6-1-5(2-16-3-6)8-7-9(15)17-4-18-10(7)20-19-8/h1-4H,(H3,15,17,18,19,20). The number of halogens is 3. The summed E-state index contributed by atoms with van der Waals surface area (Å²) in [6, 6.07) is 0.965. The second-order valence-corrected chi connectivity index (χ2v) is 4.02. The SMILES string of the molecule is Nc1ncnc2n[nH]c(-c3cncc(C(F)(F)F)c3)c12. The molecule has 0 amide bonds. The molecule has 0 radical (unpaired) electrons. The van der Waals surface area contributed by atoms with Crippen LogP contribution >= 0.6 is 0 Å². The second-order valence-electron chi connectivity index (χ2n) is 4.02. The number of nitrogens with zero attached hydrogens (tertiary/aromatic N) is 4. The van der Waals surface area contributed by atoms with Crippen LogP contribution in [0.4, 0.5) is 19.0 Å². The van der Waals surface area contributed by atoms with Gasteiger partial charge in [0.2, 0.25) is 0 Å². The highest BCUT2D eigenvalue weighted by Gasteiger charge is 2.31. The first-order valence-electron chi connectivity index (χ1n) is 5.44. The number of hydrogen-bond donors (Lipinski definition) is 2. The molecule has 0 unspecified atom stereocenters. The number of aromatic nitrogens is 5.